The third-order valence-corrected chi connectivity index (χ3v) is 12.0. The highest BCUT2D eigenvalue weighted by Gasteiger charge is 2.35. The molecule has 1 aliphatic carbocycles. The standard InChI is InChI=1S/C55H40N2/c1-36-22-28-53-51(32-36)49-33-40(41-26-29-55-52(35-41)48-20-9-10-21-54(48)57(55)42-14-3-2-4-15-42)24-23-38(49)13-11-12-37(30-31-56-53)39-25-27-47-45-18-6-5-16-43(45)44-17-7-8-19-46(44)50(47)34-39/h2-28,30-35,55-56H,29H2,1H3/b13-11-,31-30+,37-12+. The molecule has 0 saturated heterocycles. The lowest BCUT2D eigenvalue weighted by Crippen LogP contribution is -2.27. The Morgan fingerprint density at radius 1 is 0.544 bits per heavy atom. The van der Waals surface area contributed by atoms with E-state index in [1.54, 1.807) is 0 Å². The fourth-order valence-corrected chi connectivity index (χ4v) is 9.33. The average Bonchev–Trinajstić information content (AvgIpc) is 3.59. The van der Waals surface area contributed by atoms with Gasteiger partial charge >= 0.3 is 0 Å². The van der Waals surface area contributed by atoms with Crippen molar-refractivity contribution < 1.29 is 0 Å². The zero-order valence-electron chi connectivity index (χ0n) is 31.8. The summed E-state index contributed by atoms with van der Waals surface area (Å²) in [6.07, 6.45) is 16.8. The summed E-state index contributed by atoms with van der Waals surface area (Å²) in [5, 5.41) is 11.4. The van der Waals surface area contributed by atoms with Gasteiger partial charge in [-0.15, -0.1) is 0 Å². The number of fused-ring (bicyclic) bond motifs is 12. The van der Waals surface area contributed by atoms with Crippen LogP contribution in [0.3, 0.4) is 0 Å². The van der Waals surface area contributed by atoms with Crippen LogP contribution in [0.5, 0.6) is 0 Å². The number of hydrogen-bond acceptors (Lipinski definition) is 2. The molecule has 0 spiro atoms. The van der Waals surface area contributed by atoms with E-state index < -0.39 is 0 Å². The van der Waals surface area contributed by atoms with E-state index in [-0.39, 0.29) is 6.04 Å². The second-order valence-corrected chi connectivity index (χ2v) is 15.4. The molecule has 2 nitrogen and oxygen atoms in total. The summed E-state index contributed by atoms with van der Waals surface area (Å²) >= 11 is 0. The lowest BCUT2D eigenvalue weighted by molar-refractivity contribution is 0.831. The molecule has 3 aliphatic rings. The van der Waals surface area contributed by atoms with Crippen LogP contribution >= 0.6 is 0 Å². The molecular formula is C55H40N2. The smallest absolute Gasteiger partial charge is 0.0633 e. The summed E-state index contributed by atoms with van der Waals surface area (Å²) < 4.78 is 0. The van der Waals surface area contributed by atoms with Crippen LogP contribution in [-0.2, 0) is 0 Å². The summed E-state index contributed by atoms with van der Waals surface area (Å²) in [5.74, 6) is 0. The van der Waals surface area contributed by atoms with Gasteiger partial charge in [0.1, 0.15) is 0 Å². The van der Waals surface area contributed by atoms with E-state index in [2.05, 4.69) is 218 Å². The number of benzene rings is 8. The predicted octanol–water partition coefficient (Wildman–Crippen LogP) is 14.5. The molecule has 1 N–H and O–H groups in total. The molecule has 1 unspecified atom stereocenters. The third-order valence-electron chi connectivity index (χ3n) is 12.0. The van der Waals surface area contributed by atoms with Crippen molar-refractivity contribution in [3.05, 3.63) is 222 Å². The molecule has 270 valence electrons. The molecule has 8 aromatic carbocycles. The van der Waals surface area contributed by atoms with Gasteiger partial charge < -0.3 is 10.2 Å². The van der Waals surface area contributed by atoms with E-state index in [4.69, 9.17) is 0 Å². The SMILES string of the molecule is Cc1ccc2c(c1)-c1cc(C3=CCC4C(=C3)c3ccccc3N4c3ccccc3)ccc1\C=C/C=C(c1ccc3c4ccccc4c4ccccc4c3c1)\C=C\N2. The van der Waals surface area contributed by atoms with Crippen LogP contribution < -0.4 is 10.2 Å². The summed E-state index contributed by atoms with van der Waals surface area (Å²) in [6.45, 7) is 2.18. The van der Waals surface area contributed by atoms with Gasteiger partial charge in [0, 0.05) is 34.4 Å². The Hall–Kier alpha value is -7.16. The van der Waals surface area contributed by atoms with E-state index in [0.717, 1.165) is 17.7 Å². The van der Waals surface area contributed by atoms with E-state index in [9.17, 15) is 0 Å². The minimum Gasteiger partial charge on any atom is -0.361 e. The maximum absolute atomic E-state index is 3.70. The highest BCUT2D eigenvalue weighted by molar-refractivity contribution is 6.25. The number of nitrogens with one attached hydrogen (secondary N) is 1. The minimum absolute atomic E-state index is 0.276. The van der Waals surface area contributed by atoms with Gasteiger partial charge in [0.25, 0.3) is 0 Å². The van der Waals surface area contributed by atoms with Crippen LogP contribution in [0, 0.1) is 6.92 Å². The Balaban J connectivity index is 1.00. The maximum atomic E-state index is 3.70. The third kappa shape index (κ3) is 5.64. The molecule has 8 aromatic rings. The van der Waals surface area contributed by atoms with Gasteiger partial charge in [0.2, 0.25) is 0 Å². The van der Waals surface area contributed by atoms with Crippen molar-refractivity contribution in [3.63, 3.8) is 0 Å². The van der Waals surface area contributed by atoms with E-state index in [0.29, 0.717) is 0 Å². The van der Waals surface area contributed by atoms with E-state index >= 15 is 0 Å². The van der Waals surface area contributed by atoms with Crippen LogP contribution in [0.1, 0.15) is 34.2 Å². The number of nitrogens with zero attached hydrogens (tertiary/aromatic N) is 1. The zero-order chi connectivity index (χ0) is 37.9. The Morgan fingerprint density at radius 2 is 1.23 bits per heavy atom. The number of allylic oxidation sites excluding steroid dienone is 6. The highest BCUT2D eigenvalue weighted by Crippen LogP contribution is 2.49. The van der Waals surface area contributed by atoms with Crippen LogP contribution in [0.15, 0.2) is 194 Å². The summed E-state index contributed by atoms with van der Waals surface area (Å²) in [7, 11) is 0. The lowest BCUT2D eigenvalue weighted by Gasteiger charge is -2.29. The Morgan fingerprint density at radius 3 is 2.04 bits per heavy atom. The van der Waals surface area contributed by atoms with E-state index in [1.807, 2.05) is 0 Å². The van der Waals surface area contributed by atoms with Crippen molar-refractivity contribution in [1.82, 2.24) is 0 Å². The molecule has 0 radical (unpaired) electrons. The van der Waals surface area contributed by atoms with Gasteiger partial charge in [-0.05, 0) is 139 Å². The van der Waals surface area contributed by atoms with Gasteiger partial charge in [0.15, 0.2) is 0 Å². The molecule has 0 saturated carbocycles. The van der Waals surface area contributed by atoms with Gasteiger partial charge in [-0.25, -0.2) is 0 Å². The molecule has 57 heavy (non-hydrogen) atoms. The summed E-state index contributed by atoms with van der Waals surface area (Å²) in [5.41, 5.74) is 16.0. The zero-order valence-corrected chi connectivity index (χ0v) is 31.8. The first-order valence-corrected chi connectivity index (χ1v) is 19.9. The fraction of sp³-hybridized carbons (Fsp3) is 0.0545. The normalized spacial score (nSPS) is 17.9. The van der Waals surface area contributed by atoms with Crippen molar-refractivity contribution in [2.75, 3.05) is 10.2 Å². The first kappa shape index (κ1) is 33.2. The molecular weight excluding hydrogens is 689 g/mol. The second-order valence-electron chi connectivity index (χ2n) is 15.4. The minimum atomic E-state index is 0.276. The first-order chi connectivity index (χ1) is 28.2. The maximum Gasteiger partial charge on any atom is 0.0633 e. The molecule has 2 aliphatic heterocycles. The number of aryl methyl sites for hydroxylation is 1. The summed E-state index contributed by atoms with van der Waals surface area (Å²) in [4.78, 5) is 2.51. The fourth-order valence-electron chi connectivity index (χ4n) is 9.33. The molecule has 0 aromatic heterocycles. The lowest BCUT2D eigenvalue weighted by atomic mass is 9.87. The molecule has 0 fully saturated rings. The first-order valence-electron chi connectivity index (χ1n) is 19.9. The topological polar surface area (TPSA) is 15.3 Å². The predicted molar refractivity (Wildman–Crippen MR) is 245 cm³/mol. The monoisotopic (exact) mass is 728 g/mol. The van der Waals surface area contributed by atoms with Crippen LogP contribution in [0.4, 0.5) is 17.1 Å². The van der Waals surface area contributed by atoms with Crippen molar-refractivity contribution in [2.24, 2.45) is 0 Å². The van der Waals surface area contributed by atoms with Crippen LogP contribution in [-0.4, -0.2) is 6.04 Å². The molecule has 1 atom stereocenters. The number of rotatable bonds is 3. The van der Waals surface area contributed by atoms with Crippen molar-refractivity contribution in [1.29, 1.82) is 0 Å². The highest BCUT2D eigenvalue weighted by atomic mass is 15.2. The van der Waals surface area contributed by atoms with Crippen molar-refractivity contribution in [3.8, 4) is 11.1 Å². The molecule has 2 heteroatoms. The van der Waals surface area contributed by atoms with Crippen LogP contribution in [0.2, 0.25) is 0 Å². The molecule has 2 heterocycles. The van der Waals surface area contributed by atoms with Crippen molar-refractivity contribution >= 4 is 72.2 Å². The Labute approximate surface area is 333 Å². The number of anilines is 3. The molecule has 0 bridgehead atoms. The summed E-state index contributed by atoms with van der Waals surface area (Å²) in [6, 6.07) is 58.1. The Kier molecular flexibility index (Phi) is 7.89. The van der Waals surface area contributed by atoms with E-state index in [1.165, 1.54) is 93.8 Å². The van der Waals surface area contributed by atoms with Gasteiger partial charge in [-0.2, -0.15) is 0 Å². The molecule has 11 rings (SSSR count). The molecule has 0 amide bonds. The average molecular weight is 729 g/mol. The van der Waals surface area contributed by atoms with Gasteiger partial charge in [-0.1, -0.05) is 145 Å². The Bertz CT molecular complexity index is 3050. The van der Waals surface area contributed by atoms with Gasteiger partial charge in [0.05, 0.1) is 6.04 Å². The largest absolute Gasteiger partial charge is 0.361 e. The van der Waals surface area contributed by atoms with Crippen molar-refractivity contribution in [2.45, 2.75) is 19.4 Å². The second kappa shape index (κ2) is 13.5. The number of para-hydroxylation sites is 2. The van der Waals surface area contributed by atoms with Gasteiger partial charge in [-0.3, -0.25) is 0 Å². The quantitative estimate of drug-likeness (QED) is 0.182. The number of hydrogen-bond donors (Lipinski definition) is 1. The van der Waals surface area contributed by atoms with Crippen LogP contribution in [0.25, 0.3) is 66.2 Å².